The molecule has 100 valence electrons. The number of hydrogen-bond donors (Lipinski definition) is 1. The fourth-order valence-electron chi connectivity index (χ4n) is 2.63. The van der Waals surface area contributed by atoms with Crippen LogP contribution in [0.15, 0.2) is 33.6 Å². The summed E-state index contributed by atoms with van der Waals surface area (Å²) in [6.45, 7) is 3.30. The van der Waals surface area contributed by atoms with Gasteiger partial charge in [-0.3, -0.25) is 0 Å². The first-order chi connectivity index (χ1) is 8.79. The molecule has 0 amide bonds. The summed E-state index contributed by atoms with van der Waals surface area (Å²) in [5, 5.41) is 4.40. The van der Waals surface area contributed by atoms with Gasteiger partial charge in [0, 0.05) is 20.7 Å². The summed E-state index contributed by atoms with van der Waals surface area (Å²) in [6.07, 6.45) is 6.84. The fourth-order valence-corrected chi connectivity index (χ4v) is 4.56. The van der Waals surface area contributed by atoms with E-state index >= 15 is 0 Å². The van der Waals surface area contributed by atoms with Crippen molar-refractivity contribution in [3.63, 3.8) is 0 Å². The Bertz CT molecular complexity index is 369. The molecular weight excluding hydrogens is 306 g/mol. The van der Waals surface area contributed by atoms with Crippen molar-refractivity contribution in [2.75, 3.05) is 6.54 Å². The maximum Gasteiger partial charge on any atom is 0.0248 e. The Hall–Kier alpha value is 0.01000. The van der Waals surface area contributed by atoms with Crippen molar-refractivity contribution in [3.8, 4) is 0 Å². The van der Waals surface area contributed by atoms with Gasteiger partial charge in [0.1, 0.15) is 0 Å². The van der Waals surface area contributed by atoms with Gasteiger partial charge in [-0.05, 0) is 37.6 Å². The molecule has 1 aliphatic rings. The lowest BCUT2D eigenvalue weighted by Crippen LogP contribution is -2.37. The minimum absolute atomic E-state index is 0.682. The van der Waals surface area contributed by atoms with Crippen LogP contribution in [0.4, 0.5) is 0 Å². The zero-order chi connectivity index (χ0) is 12.8. The van der Waals surface area contributed by atoms with E-state index in [-0.39, 0.29) is 0 Å². The summed E-state index contributed by atoms with van der Waals surface area (Å²) < 4.78 is 1.18. The molecule has 0 spiro atoms. The molecule has 1 aromatic carbocycles. The number of benzene rings is 1. The van der Waals surface area contributed by atoms with Gasteiger partial charge in [-0.2, -0.15) is 0 Å². The highest BCUT2D eigenvalue weighted by atomic mass is 79.9. The smallest absolute Gasteiger partial charge is 0.0248 e. The van der Waals surface area contributed by atoms with Crippen LogP contribution in [0.5, 0.6) is 0 Å². The van der Waals surface area contributed by atoms with Gasteiger partial charge in [-0.25, -0.2) is 0 Å². The van der Waals surface area contributed by atoms with Crippen molar-refractivity contribution in [2.24, 2.45) is 0 Å². The van der Waals surface area contributed by atoms with Gasteiger partial charge in [0.15, 0.2) is 0 Å². The minimum atomic E-state index is 0.682. The van der Waals surface area contributed by atoms with Crippen molar-refractivity contribution in [1.29, 1.82) is 0 Å². The van der Waals surface area contributed by atoms with E-state index in [0.29, 0.717) is 6.04 Å². The molecule has 0 bridgehead atoms. The largest absolute Gasteiger partial charge is 0.313 e. The SMILES string of the molecule is CCNC1CCCCCC1Sc1cccc(Br)c1. The van der Waals surface area contributed by atoms with E-state index in [1.165, 1.54) is 41.5 Å². The van der Waals surface area contributed by atoms with Gasteiger partial charge in [-0.15, -0.1) is 11.8 Å². The van der Waals surface area contributed by atoms with Crippen molar-refractivity contribution in [3.05, 3.63) is 28.7 Å². The first kappa shape index (κ1) is 14.4. The maximum absolute atomic E-state index is 3.68. The number of rotatable bonds is 4. The first-order valence-corrected chi connectivity index (χ1v) is 8.62. The van der Waals surface area contributed by atoms with Crippen LogP contribution in [-0.4, -0.2) is 17.8 Å². The molecule has 1 aliphatic carbocycles. The van der Waals surface area contributed by atoms with Gasteiger partial charge in [0.25, 0.3) is 0 Å². The molecule has 1 aromatic rings. The van der Waals surface area contributed by atoms with Crippen LogP contribution in [-0.2, 0) is 0 Å². The fraction of sp³-hybridized carbons (Fsp3) is 0.600. The molecule has 1 fully saturated rings. The van der Waals surface area contributed by atoms with E-state index in [2.05, 4.69) is 52.4 Å². The van der Waals surface area contributed by atoms with Crippen LogP contribution >= 0.6 is 27.7 Å². The first-order valence-electron chi connectivity index (χ1n) is 6.95. The van der Waals surface area contributed by atoms with Crippen molar-refractivity contribution >= 4 is 27.7 Å². The molecule has 3 heteroatoms. The van der Waals surface area contributed by atoms with Gasteiger partial charge in [0.2, 0.25) is 0 Å². The van der Waals surface area contributed by atoms with Crippen molar-refractivity contribution in [2.45, 2.75) is 55.2 Å². The van der Waals surface area contributed by atoms with Crippen LogP contribution < -0.4 is 5.32 Å². The second kappa shape index (κ2) is 7.56. The molecule has 1 nitrogen and oxygen atoms in total. The maximum atomic E-state index is 3.68. The van der Waals surface area contributed by atoms with Gasteiger partial charge in [0.05, 0.1) is 0 Å². The molecule has 2 rings (SSSR count). The van der Waals surface area contributed by atoms with Crippen molar-refractivity contribution < 1.29 is 0 Å². The Kier molecular flexibility index (Phi) is 6.06. The van der Waals surface area contributed by atoms with Crippen LogP contribution in [0.3, 0.4) is 0 Å². The predicted octanol–water partition coefficient (Wildman–Crippen LogP) is 4.85. The molecule has 0 aliphatic heterocycles. The van der Waals surface area contributed by atoms with Crippen LogP contribution in [0, 0.1) is 0 Å². The Balaban J connectivity index is 2.03. The van der Waals surface area contributed by atoms with Gasteiger partial charge in [-0.1, -0.05) is 48.2 Å². The summed E-state index contributed by atoms with van der Waals surface area (Å²) in [6, 6.07) is 9.37. The molecule has 0 aromatic heterocycles. The highest BCUT2D eigenvalue weighted by Crippen LogP contribution is 2.34. The average molecular weight is 328 g/mol. The van der Waals surface area contributed by atoms with E-state index < -0.39 is 0 Å². The lowest BCUT2D eigenvalue weighted by atomic mass is 10.1. The van der Waals surface area contributed by atoms with Gasteiger partial charge < -0.3 is 5.32 Å². The Morgan fingerprint density at radius 2 is 2.11 bits per heavy atom. The molecular formula is C15H22BrNS. The Morgan fingerprint density at radius 1 is 1.28 bits per heavy atom. The Morgan fingerprint density at radius 3 is 2.89 bits per heavy atom. The third-order valence-corrected chi connectivity index (χ3v) is 5.39. The number of hydrogen-bond acceptors (Lipinski definition) is 2. The zero-order valence-electron chi connectivity index (χ0n) is 11.0. The number of thioether (sulfide) groups is 1. The molecule has 2 unspecified atom stereocenters. The molecule has 0 radical (unpaired) electrons. The van der Waals surface area contributed by atoms with Crippen LogP contribution in [0.25, 0.3) is 0 Å². The summed E-state index contributed by atoms with van der Waals surface area (Å²) >= 11 is 5.61. The zero-order valence-corrected chi connectivity index (χ0v) is 13.4. The monoisotopic (exact) mass is 327 g/mol. The summed E-state index contributed by atoms with van der Waals surface area (Å²) in [4.78, 5) is 1.39. The molecule has 1 N–H and O–H groups in total. The highest BCUT2D eigenvalue weighted by molar-refractivity contribution is 9.10. The Labute approximate surface area is 123 Å². The van der Waals surface area contributed by atoms with E-state index in [1.54, 1.807) is 0 Å². The third-order valence-electron chi connectivity index (χ3n) is 3.50. The van der Waals surface area contributed by atoms with Crippen molar-refractivity contribution in [1.82, 2.24) is 5.32 Å². The molecule has 2 atom stereocenters. The second-order valence-corrected chi connectivity index (χ2v) is 7.14. The average Bonchev–Trinajstić information content (AvgIpc) is 2.56. The minimum Gasteiger partial charge on any atom is -0.313 e. The normalized spacial score (nSPS) is 24.8. The molecule has 1 saturated carbocycles. The van der Waals surface area contributed by atoms with E-state index in [1.807, 2.05) is 11.8 Å². The summed E-state index contributed by atoms with van der Waals surface area (Å²) in [5.41, 5.74) is 0. The van der Waals surface area contributed by atoms with Crippen LogP contribution in [0.2, 0.25) is 0 Å². The number of nitrogens with one attached hydrogen (secondary N) is 1. The van der Waals surface area contributed by atoms with Gasteiger partial charge >= 0.3 is 0 Å². The standard InChI is InChI=1S/C15H22BrNS/c1-2-17-14-9-4-3-5-10-15(14)18-13-8-6-7-12(16)11-13/h6-8,11,14-15,17H,2-5,9-10H2,1H3. The molecule has 0 saturated heterocycles. The predicted molar refractivity (Wildman–Crippen MR) is 84.3 cm³/mol. The summed E-state index contributed by atoms with van der Waals surface area (Å²) in [7, 11) is 0. The van der Waals surface area contributed by atoms with E-state index in [4.69, 9.17) is 0 Å². The lowest BCUT2D eigenvalue weighted by molar-refractivity contribution is 0.482. The summed E-state index contributed by atoms with van der Waals surface area (Å²) in [5.74, 6) is 0. The quantitative estimate of drug-likeness (QED) is 0.793. The highest BCUT2D eigenvalue weighted by Gasteiger charge is 2.23. The molecule has 18 heavy (non-hydrogen) atoms. The third kappa shape index (κ3) is 4.29. The topological polar surface area (TPSA) is 12.0 Å². The van der Waals surface area contributed by atoms with E-state index in [0.717, 1.165) is 11.8 Å². The van der Waals surface area contributed by atoms with Crippen LogP contribution in [0.1, 0.15) is 39.0 Å². The number of halogens is 1. The molecule has 0 heterocycles. The lowest BCUT2D eigenvalue weighted by Gasteiger charge is -2.25. The van der Waals surface area contributed by atoms with E-state index in [9.17, 15) is 0 Å². The second-order valence-electron chi connectivity index (χ2n) is 4.92.